The highest BCUT2D eigenvalue weighted by Gasteiger charge is 2.27. The minimum Gasteiger partial charge on any atom is -0.356 e. The van der Waals surface area contributed by atoms with Gasteiger partial charge in [0.05, 0.1) is 0 Å². The number of nitrogens with zero attached hydrogens (tertiary/aromatic N) is 1. The normalized spacial score (nSPS) is 15.8. The molecule has 21 heavy (non-hydrogen) atoms. The highest BCUT2D eigenvalue weighted by molar-refractivity contribution is 5.95. The Hall–Kier alpha value is -1.84. The molecule has 2 rings (SSSR count). The molecule has 1 fully saturated rings. The molecule has 0 unspecified atom stereocenters. The van der Waals surface area contributed by atoms with Crippen LogP contribution >= 0.6 is 0 Å². The van der Waals surface area contributed by atoms with Crippen molar-refractivity contribution in [2.24, 2.45) is 5.92 Å². The summed E-state index contributed by atoms with van der Waals surface area (Å²) in [7, 11) is 0. The van der Waals surface area contributed by atoms with E-state index in [1.165, 1.54) is 0 Å². The summed E-state index contributed by atoms with van der Waals surface area (Å²) in [5.41, 5.74) is 1.77. The molecule has 0 atom stereocenters. The predicted molar refractivity (Wildman–Crippen MR) is 83.1 cm³/mol. The Bertz CT molecular complexity index is 505. The molecular formula is C17H24N2O2. The molecular weight excluding hydrogens is 264 g/mol. The minimum atomic E-state index is 0.0532. The zero-order valence-corrected chi connectivity index (χ0v) is 12.9. The van der Waals surface area contributed by atoms with Crippen molar-refractivity contribution in [3.05, 3.63) is 35.4 Å². The lowest BCUT2D eigenvalue weighted by Crippen LogP contribution is -2.43. The summed E-state index contributed by atoms with van der Waals surface area (Å²) in [4.78, 5) is 26.3. The Morgan fingerprint density at radius 2 is 1.90 bits per heavy atom. The Balaban J connectivity index is 1.91. The number of piperidine rings is 1. The molecule has 0 radical (unpaired) electrons. The molecule has 1 N–H and O–H groups in total. The van der Waals surface area contributed by atoms with Gasteiger partial charge in [0.25, 0.3) is 5.91 Å². The van der Waals surface area contributed by atoms with Crippen LogP contribution in [-0.4, -0.2) is 36.3 Å². The number of likely N-dealkylation sites (tertiary alicyclic amines) is 1. The van der Waals surface area contributed by atoms with Gasteiger partial charge in [0.15, 0.2) is 0 Å². The minimum absolute atomic E-state index is 0.0532. The van der Waals surface area contributed by atoms with Gasteiger partial charge in [0.2, 0.25) is 5.91 Å². The largest absolute Gasteiger partial charge is 0.356 e. The van der Waals surface area contributed by atoms with Gasteiger partial charge >= 0.3 is 0 Å². The van der Waals surface area contributed by atoms with Gasteiger partial charge in [0.1, 0.15) is 0 Å². The average Bonchev–Trinajstić information content (AvgIpc) is 2.52. The SMILES string of the molecule is CCCNC(=O)C1CCN(C(=O)c2ccccc2C)CC1. The molecule has 0 aliphatic carbocycles. The molecule has 1 aromatic carbocycles. The van der Waals surface area contributed by atoms with Crippen LogP contribution in [0.5, 0.6) is 0 Å². The van der Waals surface area contributed by atoms with Crippen LogP contribution in [0, 0.1) is 12.8 Å². The fourth-order valence-electron chi connectivity index (χ4n) is 2.72. The van der Waals surface area contributed by atoms with Gasteiger partial charge in [0, 0.05) is 31.1 Å². The van der Waals surface area contributed by atoms with Crippen LogP contribution < -0.4 is 5.32 Å². The molecule has 0 bridgehead atoms. The molecule has 114 valence electrons. The van der Waals surface area contributed by atoms with Gasteiger partial charge in [-0.15, -0.1) is 0 Å². The summed E-state index contributed by atoms with van der Waals surface area (Å²) in [6.45, 7) is 6.07. The maximum absolute atomic E-state index is 12.5. The quantitative estimate of drug-likeness (QED) is 0.924. The molecule has 1 heterocycles. The van der Waals surface area contributed by atoms with Crippen molar-refractivity contribution in [3.63, 3.8) is 0 Å². The van der Waals surface area contributed by atoms with E-state index in [9.17, 15) is 9.59 Å². The van der Waals surface area contributed by atoms with Gasteiger partial charge in [-0.25, -0.2) is 0 Å². The lowest BCUT2D eigenvalue weighted by molar-refractivity contribution is -0.126. The van der Waals surface area contributed by atoms with Gasteiger partial charge in [-0.2, -0.15) is 0 Å². The number of nitrogens with one attached hydrogen (secondary N) is 1. The lowest BCUT2D eigenvalue weighted by Gasteiger charge is -2.31. The molecule has 0 saturated carbocycles. The smallest absolute Gasteiger partial charge is 0.254 e. The first-order chi connectivity index (χ1) is 10.1. The Labute approximate surface area is 126 Å². The number of benzene rings is 1. The topological polar surface area (TPSA) is 49.4 Å². The number of aryl methyl sites for hydroxylation is 1. The van der Waals surface area contributed by atoms with Crippen LogP contribution in [0.15, 0.2) is 24.3 Å². The molecule has 4 heteroatoms. The number of carbonyl (C=O) groups excluding carboxylic acids is 2. The van der Waals surface area contributed by atoms with Crippen LogP contribution in [0.3, 0.4) is 0 Å². The zero-order valence-electron chi connectivity index (χ0n) is 12.9. The first-order valence-electron chi connectivity index (χ1n) is 7.76. The molecule has 1 aliphatic rings. The van der Waals surface area contributed by atoms with E-state index in [1.807, 2.05) is 43.0 Å². The van der Waals surface area contributed by atoms with Gasteiger partial charge in [-0.05, 0) is 37.8 Å². The van der Waals surface area contributed by atoms with Gasteiger partial charge in [-0.1, -0.05) is 25.1 Å². The van der Waals surface area contributed by atoms with E-state index in [0.717, 1.165) is 36.9 Å². The molecule has 1 saturated heterocycles. The van der Waals surface area contributed by atoms with Crippen LogP contribution in [-0.2, 0) is 4.79 Å². The van der Waals surface area contributed by atoms with Crippen molar-refractivity contribution in [1.82, 2.24) is 10.2 Å². The third-order valence-corrected chi connectivity index (χ3v) is 4.08. The molecule has 4 nitrogen and oxygen atoms in total. The lowest BCUT2D eigenvalue weighted by atomic mass is 9.95. The summed E-state index contributed by atoms with van der Waals surface area (Å²) >= 11 is 0. The second-order valence-electron chi connectivity index (χ2n) is 5.67. The van der Waals surface area contributed by atoms with E-state index in [4.69, 9.17) is 0 Å². The molecule has 1 aliphatic heterocycles. The van der Waals surface area contributed by atoms with Crippen LogP contribution in [0.4, 0.5) is 0 Å². The Morgan fingerprint density at radius 1 is 1.24 bits per heavy atom. The maximum atomic E-state index is 12.5. The standard InChI is InChI=1S/C17H24N2O2/c1-3-10-18-16(20)14-8-11-19(12-9-14)17(21)15-7-5-4-6-13(15)2/h4-7,14H,3,8-12H2,1-2H3,(H,18,20). The molecule has 0 spiro atoms. The number of rotatable bonds is 4. The number of amides is 2. The van der Waals surface area contributed by atoms with Gasteiger partial charge in [-0.3, -0.25) is 9.59 Å². The van der Waals surface area contributed by atoms with Crippen molar-refractivity contribution >= 4 is 11.8 Å². The van der Waals surface area contributed by atoms with Crippen molar-refractivity contribution in [2.45, 2.75) is 33.1 Å². The Kier molecular flexibility index (Phi) is 5.37. The summed E-state index contributed by atoms with van der Waals surface area (Å²) in [5.74, 6) is 0.276. The second kappa shape index (κ2) is 7.25. The van der Waals surface area contributed by atoms with Crippen LogP contribution in [0.1, 0.15) is 42.1 Å². The highest BCUT2D eigenvalue weighted by Crippen LogP contribution is 2.20. The van der Waals surface area contributed by atoms with Crippen LogP contribution in [0.2, 0.25) is 0 Å². The summed E-state index contributed by atoms with van der Waals surface area (Å²) in [5, 5.41) is 2.94. The van der Waals surface area contributed by atoms with Gasteiger partial charge < -0.3 is 10.2 Å². The van der Waals surface area contributed by atoms with E-state index in [0.29, 0.717) is 13.1 Å². The summed E-state index contributed by atoms with van der Waals surface area (Å²) in [6, 6.07) is 7.66. The summed E-state index contributed by atoms with van der Waals surface area (Å²) < 4.78 is 0. The van der Waals surface area contributed by atoms with E-state index in [2.05, 4.69) is 5.32 Å². The summed E-state index contributed by atoms with van der Waals surface area (Å²) in [6.07, 6.45) is 2.47. The van der Waals surface area contributed by atoms with E-state index >= 15 is 0 Å². The molecule has 0 aromatic heterocycles. The van der Waals surface area contributed by atoms with Crippen molar-refractivity contribution in [2.75, 3.05) is 19.6 Å². The van der Waals surface area contributed by atoms with Crippen molar-refractivity contribution in [3.8, 4) is 0 Å². The predicted octanol–water partition coefficient (Wildman–Crippen LogP) is 2.37. The average molecular weight is 288 g/mol. The number of hydrogen-bond donors (Lipinski definition) is 1. The fourth-order valence-corrected chi connectivity index (χ4v) is 2.72. The van der Waals surface area contributed by atoms with E-state index in [-0.39, 0.29) is 17.7 Å². The fraction of sp³-hybridized carbons (Fsp3) is 0.529. The zero-order chi connectivity index (χ0) is 15.2. The molecule has 2 amide bonds. The number of hydrogen-bond acceptors (Lipinski definition) is 2. The maximum Gasteiger partial charge on any atom is 0.254 e. The third-order valence-electron chi connectivity index (χ3n) is 4.08. The first-order valence-corrected chi connectivity index (χ1v) is 7.76. The third kappa shape index (κ3) is 3.84. The molecule has 1 aromatic rings. The second-order valence-corrected chi connectivity index (χ2v) is 5.67. The van der Waals surface area contributed by atoms with Crippen LogP contribution in [0.25, 0.3) is 0 Å². The van der Waals surface area contributed by atoms with E-state index in [1.54, 1.807) is 0 Å². The Morgan fingerprint density at radius 3 is 2.52 bits per heavy atom. The van der Waals surface area contributed by atoms with Crippen molar-refractivity contribution < 1.29 is 9.59 Å². The van der Waals surface area contributed by atoms with E-state index < -0.39 is 0 Å². The first kappa shape index (κ1) is 15.5. The highest BCUT2D eigenvalue weighted by atomic mass is 16.2. The number of carbonyl (C=O) groups is 2. The monoisotopic (exact) mass is 288 g/mol. The van der Waals surface area contributed by atoms with Crippen molar-refractivity contribution in [1.29, 1.82) is 0 Å².